The lowest BCUT2D eigenvalue weighted by molar-refractivity contribution is 0.0790. The van der Waals surface area contributed by atoms with E-state index in [9.17, 15) is 4.79 Å². The molecule has 1 aromatic carbocycles. The highest BCUT2D eigenvalue weighted by Gasteiger charge is 2.39. The van der Waals surface area contributed by atoms with E-state index < -0.39 is 0 Å². The molecular weight excluding hydrogens is 240 g/mol. The maximum atomic E-state index is 12.8. The molecule has 102 valence electrons. The maximum absolute atomic E-state index is 12.8. The first-order valence-corrected chi connectivity index (χ1v) is 7.20. The Morgan fingerprint density at radius 2 is 1.84 bits per heavy atom. The van der Waals surface area contributed by atoms with Gasteiger partial charge in [-0.25, -0.2) is 0 Å². The molecule has 0 saturated heterocycles. The van der Waals surface area contributed by atoms with Gasteiger partial charge in [0.25, 0.3) is 0 Å². The van der Waals surface area contributed by atoms with Crippen LogP contribution in [0.3, 0.4) is 0 Å². The van der Waals surface area contributed by atoms with Crippen LogP contribution in [-0.2, 0) is 0 Å². The smallest absolute Gasteiger partial charge is 0.169 e. The van der Waals surface area contributed by atoms with E-state index in [1.807, 2.05) is 18.2 Å². The summed E-state index contributed by atoms with van der Waals surface area (Å²) in [5.41, 5.74) is 0.636. The van der Waals surface area contributed by atoms with Crippen molar-refractivity contribution in [1.29, 1.82) is 0 Å². The van der Waals surface area contributed by atoms with Crippen molar-refractivity contribution in [3.05, 3.63) is 23.8 Å². The van der Waals surface area contributed by atoms with Gasteiger partial charge < -0.3 is 9.47 Å². The Kier molecular flexibility index (Phi) is 3.21. The van der Waals surface area contributed by atoms with Crippen molar-refractivity contribution in [2.75, 3.05) is 13.2 Å². The molecule has 3 nitrogen and oxygen atoms in total. The summed E-state index contributed by atoms with van der Waals surface area (Å²) in [6.45, 7) is 3.27. The van der Waals surface area contributed by atoms with Gasteiger partial charge in [0.05, 0.1) is 0 Å². The van der Waals surface area contributed by atoms with Gasteiger partial charge in [-0.15, -0.1) is 0 Å². The summed E-state index contributed by atoms with van der Waals surface area (Å²) >= 11 is 0. The van der Waals surface area contributed by atoms with Gasteiger partial charge in [-0.2, -0.15) is 0 Å². The Hall–Kier alpha value is -1.51. The fraction of sp³-hybridized carbons (Fsp3) is 0.562. The van der Waals surface area contributed by atoms with Crippen LogP contribution < -0.4 is 9.47 Å². The minimum Gasteiger partial charge on any atom is -0.486 e. The molecule has 1 saturated carbocycles. The van der Waals surface area contributed by atoms with Crippen LogP contribution in [0.1, 0.15) is 49.4 Å². The van der Waals surface area contributed by atoms with Crippen LogP contribution in [0.4, 0.5) is 0 Å². The second-order valence-corrected chi connectivity index (χ2v) is 5.53. The van der Waals surface area contributed by atoms with Gasteiger partial charge in [-0.05, 0) is 37.5 Å². The van der Waals surface area contributed by atoms with E-state index >= 15 is 0 Å². The van der Waals surface area contributed by atoms with Crippen LogP contribution in [0.2, 0.25) is 0 Å². The van der Waals surface area contributed by atoms with Gasteiger partial charge in [0, 0.05) is 11.0 Å². The molecule has 0 radical (unpaired) electrons. The number of ketones is 1. The molecular formula is C16H20O3. The molecule has 1 aliphatic heterocycles. The molecule has 19 heavy (non-hydrogen) atoms. The summed E-state index contributed by atoms with van der Waals surface area (Å²) in [5.74, 6) is 1.74. The molecule has 0 N–H and O–H groups in total. The number of carbonyl (C=O) groups is 1. The molecule has 3 rings (SSSR count). The average Bonchev–Trinajstić information content (AvgIpc) is 2.96. The molecule has 3 heteroatoms. The first-order chi connectivity index (χ1) is 9.25. The number of rotatable bonds is 3. The highest BCUT2D eigenvalue weighted by Crippen LogP contribution is 2.44. The van der Waals surface area contributed by atoms with Crippen LogP contribution in [0.15, 0.2) is 18.2 Å². The fourth-order valence-corrected chi connectivity index (χ4v) is 3.28. The number of hydrogen-bond donors (Lipinski definition) is 0. The zero-order valence-electron chi connectivity index (χ0n) is 11.4. The number of Topliss-reactive ketones (excluding diaryl/α,β-unsaturated/α-hetero) is 1. The molecule has 0 amide bonds. The van der Waals surface area contributed by atoms with E-state index in [0.717, 1.165) is 30.6 Å². The zero-order chi connectivity index (χ0) is 13.3. The summed E-state index contributed by atoms with van der Waals surface area (Å²) in [4.78, 5) is 12.8. The molecule has 0 atom stereocenters. The lowest BCUT2D eigenvalue weighted by atomic mass is 9.76. The van der Waals surface area contributed by atoms with Gasteiger partial charge in [-0.3, -0.25) is 4.79 Å². The van der Waals surface area contributed by atoms with Crippen molar-refractivity contribution in [2.45, 2.75) is 39.0 Å². The number of benzene rings is 1. The Bertz CT molecular complexity index is 487. The number of carbonyl (C=O) groups excluding carboxylic acids is 1. The Balaban J connectivity index is 1.91. The number of ether oxygens (including phenoxy) is 2. The first kappa shape index (κ1) is 12.5. The van der Waals surface area contributed by atoms with E-state index in [1.165, 1.54) is 12.8 Å². The first-order valence-electron chi connectivity index (χ1n) is 7.20. The SMILES string of the molecule is CCC1(C(=O)c2ccc3c(c2)OCCO3)CCCC1. The van der Waals surface area contributed by atoms with Gasteiger partial charge in [0.1, 0.15) is 13.2 Å². The van der Waals surface area contributed by atoms with Crippen LogP contribution in [0, 0.1) is 5.41 Å². The average molecular weight is 260 g/mol. The molecule has 0 spiro atoms. The van der Waals surface area contributed by atoms with E-state index in [0.29, 0.717) is 19.0 Å². The van der Waals surface area contributed by atoms with E-state index in [4.69, 9.17) is 9.47 Å². The van der Waals surface area contributed by atoms with E-state index in [-0.39, 0.29) is 11.2 Å². The minimum atomic E-state index is -0.135. The van der Waals surface area contributed by atoms with E-state index in [2.05, 4.69) is 6.92 Å². The predicted molar refractivity (Wildman–Crippen MR) is 73.0 cm³/mol. The topological polar surface area (TPSA) is 35.5 Å². The van der Waals surface area contributed by atoms with Crippen LogP contribution in [0.25, 0.3) is 0 Å². The maximum Gasteiger partial charge on any atom is 0.169 e. The van der Waals surface area contributed by atoms with Crippen LogP contribution in [-0.4, -0.2) is 19.0 Å². The fourth-order valence-electron chi connectivity index (χ4n) is 3.28. The second-order valence-electron chi connectivity index (χ2n) is 5.53. The second kappa shape index (κ2) is 4.87. The minimum absolute atomic E-state index is 0.135. The predicted octanol–water partition coefficient (Wildman–Crippen LogP) is 3.61. The van der Waals surface area contributed by atoms with Gasteiger partial charge in [0.2, 0.25) is 0 Å². The molecule has 2 aliphatic rings. The zero-order valence-corrected chi connectivity index (χ0v) is 11.4. The molecule has 1 aliphatic carbocycles. The van der Waals surface area contributed by atoms with Gasteiger partial charge in [-0.1, -0.05) is 19.8 Å². The normalized spacial score (nSPS) is 20.3. The molecule has 1 heterocycles. The Morgan fingerprint density at radius 1 is 1.16 bits per heavy atom. The summed E-state index contributed by atoms with van der Waals surface area (Å²) < 4.78 is 11.1. The standard InChI is InChI=1S/C16H20O3/c1-2-16(7-3-4-8-16)15(17)12-5-6-13-14(11-12)19-10-9-18-13/h5-6,11H,2-4,7-10H2,1H3. The highest BCUT2D eigenvalue weighted by atomic mass is 16.6. The summed E-state index contributed by atoms with van der Waals surface area (Å²) in [6, 6.07) is 5.60. The Labute approximate surface area is 113 Å². The third kappa shape index (κ3) is 2.11. The van der Waals surface area contributed by atoms with Crippen molar-refractivity contribution in [3.8, 4) is 11.5 Å². The number of hydrogen-bond acceptors (Lipinski definition) is 3. The van der Waals surface area contributed by atoms with Crippen LogP contribution >= 0.6 is 0 Å². The molecule has 0 aromatic heterocycles. The number of fused-ring (bicyclic) bond motifs is 1. The Morgan fingerprint density at radius 3 is 2.53 bits per heavy atom. The third-order valence-corrected chi connectivity index (χ3v) is 4.52. The third-order valence-electron chi connectivity index (χ3n) is 4.52. The molecule has 1 aromatic rings. The van der Waals surface area contributed by atoms with Gasteiger partial charge >= 0.3 is 0 Å². The van der Waals surface area contributed by atoms with E-state index in [1.54, 1.807) is 0 Å². The van der Waals surface area contributed by atoms with Crippen LogP contribution in [0.5, 0.6) is 11.5 Å². The summed E-state index contributed by atoms with van der Waals surface area (Å²) in [5, 5.41) is 0. The van der Waals surface area contributed by atoms with Crippen molar-refractivity contribution in [2.24, 2.45) is 5.41 Å². The van der Waals surface area contributed by atoms with Crippen molar-refractivity contribution in [1.82, 2.24) is 0 Å². The lowest BCUT2D eigenvalue weighted by Crippen LogP contribution is -2.27. The summed E-state index contributed by atoms with van der Waals surface area (Å²) in [6.07, 6.45) is 5.32. The summed E-state index contributed by atoms with van der Waals surface area (Å²) in [7, 11) is 0. The van der Waals surface area contributed by atoms with Crippen molar-refractivity contribution >= 4 is 5.78 Å². The highest BCUT2D eigenvalue weighted by molar-refractivity contribution is 6.01. The molecule has 1 fully saturated rings. The van der Waals surface area contributed by atoms with Gasteiger partial charge in [0.15, 0.2) is 17.3 Å². The molecule has 0 unspecified atom stereocenters. The molecule has 0 bridgehead atoms. The largest absolute Gasteiger partial charge is 0.486 e. The van der Waals surface area contributed by atoms with Crippen molar-refractivity contribution < 1.29 is 14.3 Å². The van der Waals surface area contributed by atoms with Crippen molar-refractivity contribution in [3.63, 3.8) is 0 Å². The quantitative estimate of drug-likeness (QED) is 0.779. The monoisotopic (exact) mass is 260 g/mol. The lowest BCUT2D eigenvalue weighted by Gasteiger charge is -2.26.